The molecule has 3 aliphatic rings. The summed E-state index contributed by atoms with van der Waals surface area (Å²) >= 11 is 0. The first-order chi connectivity index (χ1) is 15.8. The number of rotatable bonds is 7. The second-order valence-corrected chi connectivity index (χ2v) is 10.5. The molecule has 1 spiro atoms. The average Bonchev–Trinajstić information content (AvgIpc) is 2.81. The monoisotopic (exact) mass is 528 g/mol. The fourth-order valence-electron chi connectivity index (χ4n) is 5.85. The topological polar surface area (TPSA) is 85.8 Å². The number of nitrogens with zero attached hydrogens (tertiary/aromatic N) is 3. The number of aromatic nitrogens is 1. The minimum Gasteiger partial charge on any atom is -0.390 e. The Bertz CT molecular complexity index is 838. The average molecular weight is 530 g/mol. The van der Waals surface area contributed by atoms with Crippen molar-refractivity contribution in [1.29, 1.82) is 0 Å². The highest BCUT2D eigenvalue weighted by atomic mass is 35.5. The quantitative estimate of drug-likeness (QED) is 0.562. The van der Waals surface area contributed by atoms with E-state index in [0.29, 0.717) is 25.8 Å². The van der Waals surface area contributed by atoms with Gasteiger partial charge >= 0.3 is 0 Å². The van der Waals surface area contributed by atoms with E-state index in [-0.39, 0.29) is 36.6 Å². The molecule has 1 atom stereocenters. The summed E-state index contributed by atoms with van der Waals surface area (Å²) in [5.41, 5.74) is 0.573. The first-order valence-corrected chi connectivity index (χ1v) is 12.8. The first kappa shape index (κ1) is 29.8. The van der Waals surface area contributed by atoms with Gasteiger partial charge in [-0.1, -0.05) is 38.7 Å². The van der Waals surface area contributed by atoms with Crippen molar-refractivity contribution in [1.82, 2.24) is 20.1 Å². The van der Waals surface area contributed by atoms with Gasteiger partial charge in [-0.15, -0.1) is 24.8 Å². The van der Waals surface area contributed by atoms with Gasteiger partial charge in [0.1, 0.15) is 11.6 Å². The molecule has 0 unspecified atom stereocenters. The molecule has 2 amide bonds. The molecule has 9 heteroatoms. The van der Waals surface area contributed by atoms with Gasteiger partial charge in [-0.2, -0.15) is 0 Å². The summed E-state index contributed by atoms with van der Waals surface area (Å²) in [5, 5.41) is 14.1. The Morgan fingerprint density at radius 3 is 2.37 bits per heavy atom. The smallest absolute Gasteiger partial charge is 0.246 e. The minimum atomic E-state index is -0.836. The predicted octanol–water partition coefficient (Wildman–Crippen LogP) is 3.78. The summed E-state index contributed by atoms with van der Waals surface area (Å²) in [6.45, 7) is 7.03. The maximum absolute atomic E-state index is 13.6. The maximum Gasteiger partial charge on any atom is 0.246 e. The number of aryl methyl sites for hydroxylation is 1. The van der Waals surface area contributed by atoms with Crippen LogP contribution in [0.25, 0.3) is 0 Å². The van der Waals surface area contributed by atoms with Gasteiger partial charge in [-0.3, -0.25) is 19.5 Å². The summed E-state index contributed by atoms with van der Waals surface area (Å²) in [6, 6.07) is 3.52. The highest BCUT2D eigenvalue weighted by Crippen LogP contribution is 2.37. The van der Waals surface area contributed by atoms with Crippen molar-refractivity contribution in [3.05, 3.63) is 29.6 Å². The van der Waals surface area contributed by atoms with E-state index in [1.54, 1.807) is 0 Å². The highest BCUT2D eigenvalue weighted by molar-refractivity contribution is 6.00. The van der Waals surface area contributed by atoms with Crippen LogP contribution in [-0.2, 0) is 16.1 Å². The molecule has 0 aromatic carbocycles. The van der Waals surface area contributed by atoms with Crippen molar-refractivity contribution < 1.29 is 14.7 Å². The molecular formula is C26H42Cl2N4O3. The molecule has 1 aromatic rings. The highest BCUT2D eigenvalue weighted by Gasteiger charge is 2.54. The van der Waals surface area contributed by atoms with E-state index in [1.807, 2.05) is 18.0 Å². The van der Waals surface area contributed by atoms with Crippen LogP contribution < -0.4 is 5.32 Å². The molecule has 3 heterocycles. The number of amides is 2. The van der Waals surface area contributed by atoms with Crippen LogP contribution in [0.2, 0.25) is 0 Å². The van der Waals surface area contributed by atoms with Gasteiger partial charge in [-0.05, 0) is 50.7 Å². The second-order valence-electron chi connectivity index (χ2n) is 10.5. The fraction of sp³-hybridized carbons (Fsp3) is 0.731. The van der Waals surface area contributed by atoms with Crippen LogP contribution in [0.15, 0.2) is 18.3 Å². The number of aliphatic hydroxyl groups is 1. The first-order valence-electron chi connectivity index (χ1n) is 12.8. The lowest BCUT2D eigenvalue weighted by Gasteiger charge is -2.52. The molecule has 1 aliphatic carbocycles. The summed E-state index contributed by atoms with van der Waals surface area (Å²) in [6.07, 6.45) is 9.89. The maximum atomic E-state index is 13.6. The second kappa shape index (κ2) is 12.7. The van der Waals surface area contributed by atoms with Crippen molar-refractivity contribution in [3.8, 4) is 0 Å². The van der Waals surface area contributed by atoms with E-state index in [1.165, 1.54) is 0 Å². The lowest BCUT2D eigenvalue weighted by atomic mass is 9.77. The van der Waals surface area contributed by atoms with Gasteiger partial charge in [0.15, 0.2) is 0 Å². The van der Waals surface area contributed by atoms with Crippen LogP contribution in [0.5, 0.6) is 0 Å². The third-order valence-corrected chi connectivity index (χ3v) is 7.95. The molecule has 0 radical (unpaired) electrons. The number of halogens is 2. The normalized spacial score (nSPS) is 23.9. The molecule has 1 aromatic heterocycles. The molecule has 7 nitrogen and oxygen atoms in total. The zero-order chi connectivity index (χ0) is 23.5. The number of hydrogen-bond donors (Lipinski definition) is 2. The van der Waals surface area contributed by atoms with Crippen molar-refractivity contribution in [2.24, 2.45) is 0 Å². The SMILES string of the molecule is CCCCN1C(=O)[C@@H](CC2(O)CCCCC2)NC(=O)C12CCN(Cc1ccc(C)cn1)CC2.Cl.Cl. The Morgan fingerprint density at radius 1 is 1.09 bits per heavy atom. The summed E-state index contributed by atoms with van der Waals surface area (Å²) < 4.78 is 0. The molecule has 2 saturated heterocycles. The minimum absolute atomic E-state index is 0. The zero-order valence-corrected chi connectivity index (χ0v) is 22.8. The van der Waals surface area contributed by atoms with Gasteiger partial charge in [0.05, 0.1) is 11.3 Å². The number of likely N-dealkylation sites (tertiary alicyclic amines) is 1. The number of pyridine rings is 1. The van der Waals surface area contributed by atoms with Crippen LogP contribution in [-0.4, -0.2) is 68.5 Å². The Kier molecular flexibility index (Phi) is 10.8. The van der Waals surface area contributed by atoms with Gasteiger partial charge in [0.2, 0.25) is 11.8 Å². The standard InChI is InChI=1S/C26H40N4O3.2ClH/c1-3-4-14-30-23(31)22(17-25(33)10-6-5-7-11-25)28-24(32)26(30)12-15-29(16-13-26)19-21-9-8-20(2)18-27-21;;/h8-9,18,22,33H,3-7,10-17,19H2,1-2H3,(H,28,32);2*1H/t22-;;/m1../s1. The molecule has 0 bridgehead atoms. The Labute approximate surface area is 222 Å². The van der Waals surface area contributed by atoms with Crippen LogP contribution in [0, 0.1) is 6.92 Å². The summed E-state index contributed by atoms with van der Waals surface area (Å²) in [4.78, 5) is 35.9. The number of unbranched alkanes of at least 4 members (excludes halogenated alkanes) is 1. The van der Waals surface area contributed by atoms with E-state index in [2.05, 4.69) is 34.3 Å². The number of hydrogen-bond acceptors (Lipinski definition) is 5. The van der Waals surface area contributed by atoms with Crippen molar-refractivity contribution >= 4 is 36.6 Å². The Morgan fingerprint density at radius 2 is 1.77 bits per heavy atom. The molecule has 3 fully saturated rings. The summed E-state index contributed by atoms with van der Waals surface area (Å²) in [7, 11) is 0. The van der Waals surface area contributed by atoms with Gasteiger partial charge in [0, 0.05) is 38.8 Å². The van der Waals surface area contributed by atoms with Crippen LogP contribution >= 0.6 is 24.8 Å². The van der Waals surface area contributed by atoms with Crippen LogP contribution in [0.4, 0.5) is 0 Å². The molecule has 1 saturated carbocycles. The number of carbonyl (C=O) groups excluding carboxylic acids is 2. The molecular weight excluding hydrogens is 487 g/mol. The number of piperidine rings is 1. The molecule has 35 heavy (non-hydrogen) atoms. The van der Waals surface area contributed by atoms with Crippen molar-refractivity contribution in [3.63, 3.8) is 0 Å². The number of piperazine rings is 1. The molecule has 4 rings (SSSR count). The van der Waals surface area contributed by atoms with E-state index >= 15 is 0 Å². The number of carbonyl (C=O) groups is 2. The van der Waals surface area contributed by atoms with Crippen molar-refractivity contribution in [2.75, 3.05) is 19.6 Å². The van der Waals surface area contributed by atoms with E-state index < -0.39 is 17.2 Å². The molecule has 2 aliphatic heterocycles. The van der Waals surface area contributed by atoms with Gasteiger partial charge < -0.3 is 15.3 Å². The lowest BCUT2D eigenvalue weighted by Crippen LogP contribution is -2.73. The Balaban J connectivity index is 0.00000216. The molecule has 198 valence electrons. The van der Waals surface area contributed by atoms with Gasteiger partial charge in [-0.25, -0.2) is 0 Å². The third-order valence-electron chi connectivity index (χ3n) is 7.95. The van der Waals surface area contributed by atoms with Crippen LogP contribution in [0.3, 0.4) is 0 Å². The number of nitrogens with one attached hydrogen (secondary N) is 1. The predicted molar refractivity (Wildman–Crippen MR) is 142 cm³/mol. The summed E-state index contributed by atoms with van der Waals surface area (Å²) in [5.74, 6) is -0.0357. The zero-order valence-electron chi connectivity index (χ0n) is 21.1. The van der Waals surface area contributed by atoms with Crippen molar-refractivity contribution in [2.45, 2.75) is 102 Å². The van der Waals surface area contributed by atoms with Gasteiger partial charge in [0.25, 0.3) is 0 Å². The fourth-order valence-corrected chi connectivity index (χ4v) is 5.85. The van der Waals surface area contributed by atoms with E-state index in [0.717, 1.165) is 75.8 Å². The molecule has 2 N–H and O–H groups in total. The third kappa shape index (κ3) is 6.68. The Hall–Kier alpha value is -1.41. The van der Waals surface area contributed by atoms with Crippen LogP contribution in [0.1, 0.15) is 82.4 Å². The largest absolute Gasteiger partial charge is 0.390 e. The van der Waals surface area contributed by atoms with E-state index in [9.17, 15) is 14.7 Å². The lowest BCUT2D eigenvalue weighted by molar-refractivity contribution is -0.163. The van der Waals surface area contributed by atoms with E-state index in [4.69, 9.17) is 0 Å².